The van der Waals surface area contributed by atoms with Crippen molar-refractivity contribution in [1.29, 1.82) is 0 Å². The zero-order valence-electron chi connectivity index (χ0n) is 28.0. The molecule has 10 aromatic rings. The van der Waals surface area contributed by atoms with Crippen molar-refractivity contribution in [2.24, 2.45) is 0 Å². The summed E-state index contributed by atoms with van der Waals surface area (Å²) >= 11 is 1.81. The molecule has 0 saturated heterocycles. The van der Waals surface area contributed by atoms with Crippen LogP contribution in [0.4, 0.5) is 0 Å². The molecule has 3 heterocycles. The van der Waals surface area contributed by atoms with Gasteiger partial charge in [0, 0.05) is 48.1 Å². The molecular weight excluding hydrogens is 653 g/mol. The van der Waals surface area contributed by atoms with Crippen molar-refractivity contribution in [2.75, 3.05) is 0 Å². The molecule has 0 bridgehead atoms. The van der Waals surface area contributed by atoms with Gasteiger partial charge < -0.3 is 0 Å². The first kappa shape index (κ1) is 30.2. The van der Waals surface area contributed by atoms with Crippen LogP contribution in [0, 0.1) is 0 Å². The minimum Gasteiger partial charge on any atom is -0.292 e. The van der Waals surface area contributed by atoms with Crippen LogP contribution in [0.5, 0.6) is 0 Å². The second-order valence-corrected chi connectivity index (χ2v) is 13.9. The smallest absolute Gasteiger partial charge is 0.160 e. The highest BCUT2D eigenvalue weighted by atomic mass is 32.1. The van der Waals surface area contributed by atoms with E-state index in [2.05, 4.69) is 150 Å². The normalized spacial score (nSPS) is 11.5. The summed E-state index contributed by atoms with van der Waals surface area (Å²) < 4.78 is 4.69. The summed E-state index contributed by atoms with van der Waals surface area (Å²) in [5, 5.41) is 2.41. The number of imidazole rings is 1. The third-order valence-corrected chi connectivity index (χ3v) is 10.8. The van der Waals surface area contributed by atoms with E-state index in [4.69, 9.17) is 15.0 Å². The largest absolute Gasteiger partial charge is 0.292 e. The maximum absolute atomic E-state index is 5.22. The fraction of sp³-hybridized carbons (Fsp3) is 0. The lowest BCUT2D eigenvalue weighted by Gasteiger charge is -2.11. The van der Waals surface area contributed by atoms with Gasteiger partial charge in [-0.2, -0.15) is 0 Å². The summed E-state index contributed by atoms with van der Waals surface area (Å²) in [6.07, 6.45) is 0. The predicted molar refractivity (Wildman–Crippen MR) is 217 cm³/mol. The molecule has 0 unspecified atom stereocenters. The molecule has 244 valence electrons. The lowest BCUT2D eigenvalue weighted by molar-refractivity contribution is 1.10. The third-order valence-electron chi connectivity index (χ3n) is 9.65. The Morgan fingerprint density at radius 2 is 1.06 bits per heavy atom. The van der Waals surface area contributed by atoms with E-state index < -0.39 is 0 Å². The Labute approximate surface area is 305 Å². The topological polar surface area (TPSA) is 43.6 Å². The van der Waals surface area contributed by atoms with Crippen LogP contribution in [-0.4, -0.2) is 19.5 Å². The third kappa shape index (κ3) is 5.27. The van der Waals surface area contributed by atoms with Gasteiger partial charge in [0.2, 0.25) is 0 Å². The van der Waals surface area contributed by atoms with Crippen molar-refractivity contribution < 1.29 is 0 Å². The minimum absolute atomic E-state index is 0.707. The van der Waals surface area contributed by atoms with Gasteiger partial charge in [0.25, 0.3) is 0 Å². The molecule has 0 aliphatic carbocycles. The first-order chi connectivity index (χ1) is 25.8. The van der Waals surface area contributed by atoms with Gasteiger partial charge in [0.05, 0.1) is 22.4 Å². The number of hydrogen-bond acceptors (Lipinski definition) is 4. The number of nitrogens with zero attached hydrogens (tertiary/aromatic N) is 4. The zero-order valence-corrected chi connectivity index (χ0v) is 28.8. The Kier molecular flexibility index (Phi) is 7.29. The van der Waals surface area contributed by atoms with E-state index in [-0.39, 0.29) is 0 Å². The molecule has 0 spiro atoms. The Bertz CT molecular complexity index is 2880. The van der Waals surface area contributed by atoms with Crippen LogP contribution in [0.25, 0.3) is 93.3 Å². The van der Waals surface area contributed by atoms with Gasteiger partial charge in [-0.15, -0.1) is 11.3 Å². The summed E-state index contributed by atoms with van der Waals surface area (Å²) in [5.74, 6) is 1.64. The van der Waals surface area contributed by atoms with Gasteiger partial charge in [-0.3, -0.25) is 4.57 Å². The average molecular weight is 683 g/mol. The van der Waals surface area contributed by atoms with Gasteiger partial charge in [-0.05, 0) is 53.6 Å². The summed E-state index contributed by atoms with van der Waals surface area (Å²) in [6, 6.07) is 63.6. The van der Waals surface area contributed by atoms with Crippen molar-refractivity contribution in [2.45, 2.75) is 0 Å². The molecule has 0 fully saturated rings. The van der Waals surface area contributed by atoms with Gasteiger partial charge in [0.15, 0.2) is 5.82 Å². The van der Waals surface area contributed by atoms with Crippen LogP contribution in [0.2, 0.25) is 0 Å². The summed E-state index contributed by atoms with van der Waals surface area (Å²) in [7, 11) is 0. The standard InChI is InChI=1S/C47H30N4S/c1-4-13-31(14-5-1)32-23-25-33(26-24-32)40-30-41(49-46(48-40)34-15-6-2-7-16-34)37-19-12-22-43-45(37)38-28-27-35(29-44(38)52-43)47-50-39-20-10-11-21-42(39)51(47)36-17-8-3-9-18-36/h1-30H. The van der Waals surface area contributed by atoms with E-state index >= 15 is 0 Å². The Morgan fingerprint density at radius 1 is 0.423 bits per heavy atom. The number of hydrogen-bond donors (Lipinski definition) is 0. The monoisotopic (exact) mass is 682 g/mol. The van der Waals surface area contributed by atoms with Crippen LogP contribution in [0.1, 0.15) is 0 Å². The van der Waals surface area contributed by atoms with Crippen molar-refractivity contribution in [1.82, 2.24) is 19.5 Å². The molecule has 0 radical (unpaired) electrons. The minimum atomic E-state index is 0.707. The number of fused-ring (bicyclic) bond motifs is 4. The first-order valence-electron chi connectivity index (χ1n) is 17.4. The van der Waals surface area contributed by atoms with Crippen molar-refractivity contribution in [3.63, 3.8) is 0 Å². The first-order valence-corrected chi connectivity index (χ1v) is 18.2. The van der Waals surface area contributed by atoms with Crippen molar-refractivity contribution in [3.05, 3.63) is 182 Å². The number of rotatable bonds is 6. The fourth-order valence-electron chi connectivity index (χ4n) is 7.15. The number of benzene rings is 7. The average Bonchev–Trinajstić information content (AvgIpc) is 3.80. The molecule has 0 aliphatic heterocycles. The Hall–Kier alpha value is -6.69. The van der Waals surface area contributed by atoms with E-state index in [0.29, 0.717) is 5.82 Å². The van der Waals surface area contributed by atoms with Crippen LogP contribution in [-0.2, 0) is 0 Å². The van der Waals surface area contributed by atoms with Gasteiger partial charge in [-0.1, -0.05) is 140 Å². The summed E-state index contributed by atoms with van der Waals surface area (Å²) in [4.78, 5) is 15.5. The van der Waals surface area contributed by atoms with Gasteiger partial charge in [-0.25, -0.2) is 15.0 Å². The molecule has 0 atom stereocenters. The lowest BCUT2D eigenvalue weighted by Crippen LogP contribution is -1.97. The molecule has 7 aromatic carbocycles. The van der Waals surface area contributed by atoms with Crippen LogP contribution in [0.15, 0.2) is 182 Å². The van der Waals surface area contributed by atoms with Gasteiger partial charge >= 0.3 is 0 Å². The van der Waals surface area contributed by atoms with Crippen molar-refractivity contribution in [3.8, 4) is 62.1 Å². The number of aromatic nitrogens is 4. The molecule has 52 heavy (non-hydrogen) atoms. The second-order valence-electron chi connectivity index (χ2n) is 12.9. The Balaban J connectivity index is 1.12. The second kappa shape index (κ2) is 12.6. The highest BCUT2D eigenvalue weighted by molar-refractivity contribution is 7.26. The van der Waals surface area contributed by atoms with Crippen LogP contribution < -0.4 is 0 Å². The van der Waals surface area contributed by atoms with E-state index in [1.54, 1.807) is 0 Å². The maximum Gasteiger partial charge on any atom is 0.160 e. The lowest BCUT2D eigenvalue weighted by atomic mass is 9.99. The highest BCUT2D eigenvalue weighted by Crippen LogP contribution is 2.42. The molecule has 0 amide bonds. The SMILES string of the molecule is c1ccc(-c2ccc(-c3cc(-c4cccc5sc6cc(-c7nc8ccccc8n7-c7ccccc7)ccc6c45)nc(-c4ccccc4)n3)cc2)cc1. The van der Waals surface area contributed by atoms with E-state index in [9.17, 15) is 0 Å². The number of para-hydroxylation sites is 3. The molecule has 0 saturated carbocycles. The number of thiophene rings is 1. The van der Waals surface area contributed by atoms with E-state index in [1.165, 1.54) is 31.3 Å². The molecule has 10 rings (SSSR count). The van der Waals surface area contributed by atoms with Crippen molar-refractivity contribution >= 4 is 42.5 Å². The summed E-state index contributed by atoms with van der Waals surface area (Å²) in [6.45, 7) is 0. The molecule has 0 aliphatic rings. The van der Waals surface area contributed by atoms with E-state index in [1.807, 2.05) is 47.7 Å². The quantitative estimate of drug-likeness (QED) is 0.175. The molecule has 0 N–H and O–H groups in total. The zero-order chi connectivity index (χ0) is 34.4. The Morgan fingerprint density at radius 3 is 1.85 bits per heavy atom. The fourth-order valence-corrected chi connectivity index (χ4v) is 8.32. The molecule has 4 nitrogen and oxygen atoms in total. The predicted octanol–water partition coefficient (Wildman–Crippen LogP) is 12.5. The highest BCUT2D eigenvalue weighted by Gasteiger charge is 2.19. The summed E-state index contributed by atoms with van der Waals surface area (Å²) in [5.41, 5.74) is 11.5. The maximum atomic E-state index is 5.22. The van der Waals surface area contributed by atoms with Crippen LogP contribution >= 0.6 is 11.3 Å². The molecular formula is C47H30N4S. The van der Waals surface area contributed by atoms with Crippen LogP contribution in [0.3, 0.4) is 0 Å². The molecule has 5 heteroatoms. The van der Waals surface area contributed by atoms with Gasteiger partial charge in [0.1, 0.15) is 5.82 Å². The molecule has 3 aromatic heterocycles. The van der Waals surface area contributed by atoms with E-state index in [0.717, 1.165) is 56.2 Å².